The van der Waals surface area contributed by atoms with Crippen LogP contribution in [0, 0.1) is 0 Å². The second-order valence-corrected chi connectivity index (χ2v) is 5.99. The van der Waals surface area contributed by atoms with E-state index < -0.39 is 0 Å². The number of hydrogen-bond acceptors (Lipinski definition) is 3. The average Bonchev–Trinajstić information content (AvgIpc) is 3.00. The van der Waals surface area contributed by atoms with Crippen LogP contribution in [0.15, 0.2) is 24.4 Å². The summed E-state index contributed by atoms with van der Waals surface area (Å²) in [5.41, 5.74) is 2.32. The quantitative estimate of drug-likeness (QED) is 0.887. The molecule has 2 atom stereocenters. The molecule has 19 heavy (non-hydrogen) atoms. The van der Waals surface area contributed by atoms with Crippen LogP contribution < -0.4 is 5.32 Å². The molecule has 4 heteroatoms. The maximum absolute atomic E-state index is 4.13. The van der Waals surface area contributed by atoms with Crippen LogP contribution in [0.25, 0.3) is 10.9 Å². The lowest BCUT2D eigenvalue weighted by Gasteiger charge is -2.20. The first-order valence-corrected chi connectivity index (χ1v) is 7.25. The van der Waals surface area contributed by atoms with Crippen LogP contribution in [0.5, 0.6) is 0 Å². The SMILES string of the molecule is CC1CC(Nc2cccc3[nH]ncc23)CN1C1CC1. The Morgan fingerprint density at radius 3 is 3.11 bits per heavy atom. The van der Waals surface area contributed by atoms with Gasteiger partial charge in [-0.25, -0.2) is 0 Å². The fourth-order valence-electron chi connectivity index (χ4n) is 3.39. The lowest BCUT2D eigenvalue weighted by molar-refractivity contribution is 0.257. The van der Waals surface area contributed by atoms with Gasteiger partial charge in [-0.05, 0) is 38.3 Å². The van der Waals surface area contributed by atoms with E-state index in [0.29, 0.717) is 12.1 Å². The third kappa shape index (κ3) is 2.00. The second kappa shape index (κ2) is 4.23. The molecular formula is C15H20N4. The number of benzene rings is 1. The van der Waals surface area contributed by atoms with E-state index in [2.05, 4.69) is 45.5 Å². The van der Waals surface area contributed by atoms with E-state index in [1.54, 1.807) is 0 Å². The van der Waals surface area contributed by atoms with Gasteiger partial charge in [0.25, 0.3) is 0 Å². The highest BCUT2D eigenvalue weighted by Crippen LogP contribution is 2.34. The molecule has 0 radical (unpaired) electrons. The van der Waals surface area contributed by atoms with Gasteiger partial charge in [0.15, 0.2) is 0 Å². The number of aromatic nitrogens is 2. The number of rotatable bonds is 3. The van der Waals surface area contributed by atoms with Gasteiger partial charge in [-0.2, -0.15) is 5.10 Å². The first kappa shape index (κ1) is 11.3. The Hall–Kier alpha value is -1.55. The molecule has 2 N–H and O–H groups in total. The van der Waals surface area contributed by atoms with Crippen molar-refractivity contribution in [3.8, 4) is 0 Å². The van der Waals surface area contributed by atoms with Crippen molar-refractivity contribution in [2.24, 2.45) is 0 Å². The molecule has 1 saturated carbocycles. The Kier molecular flexibility index (Phi) is 2.52. The molecule has 2 aliphatic rings. The third-order valence-corrected chi connectivity index (χ3v) is 4.48. The highest BCUT2D eigenvalue weighted by atomic mass is 15.3. The van der Waals surface area contributed by atoms with Gasteiger partial charge in [0.1, 0.15) is 0 Å². The normalized spacial score (nSPS) is 28.1. The van der Waals surface area contributed by atoms with E-state index in [1.165, 1.54) is 36.9 Å². The summed E-state index contributed by atoms with van der Waals surface area (Å²) in [5.74, 6) is 0. The summed E-state index contributed by atoms with van der Waals surface area (Å²) >= 11 is 0. The van der Waals surface area contributed by atoms with Gasteiger partial charge in [-0.15, -0.1) is 0 Å². The molecule has 1 aliphatic heterocycles. The van der Waals surface area contributed by atoms with Crippen molar-refractivity contribution in [2.75, 3.05) is 11.9 Å². The molecule has 1 aliphatic carbocycles. The van der Waals surface area contributed by atoms with E-state index in [1.807, 2.05) is 6.20 Å². The second-order valence-electron chi connectivity index (χ2n) is 5.99. The van der Waals surface area contributed by atoms with Gasteiger partial charge >= 0.3 is 0 Å². The molecule has 2 aromatic rings. The lowest BCUT2D eigenvalue weighted by Crippen LogP contribution is -2.31. The number of nitrogens with one attached hydrogen (secondary N) is 2. The zero-order valence-electron chi connectivity index (χ0n) is 11.3. The monoisotopic (exact) mass is 256 g/mol. The van der Waals surface area contributed by atoms with Gasteiger partial charge in [-0.3, -0.25) is 10.00 Å². The molecule has 4 nitrogen and oxygen atoms in total. The topological polar surface area (TPSA) is 44.0 Å². The van der Waals surface area contributed by atoms with E-state index in [-0.39, 0.29) is 0 Å². The first-order chi connectivity index (χ1) is 9.31. The van der Waals surface area contributed by atoms with Crippen molar-refractivity contribution >= 4 is 16.6 Å². The first-order valence-electron chi connectivity index (χ1n) is 7.25. The maximum Gasteiger partial charge on any atom is 0.0671 e. The van der Waals surface area contributed by atoms with Gasteiger partial charge in [0, 0.05) is 35.7 Å². The van der Waals surface area contributed by atoms with Crippen molar-refractivity contribution in [1.82, 2.24) is 15.1 Å². The standard InChI is InChI=1S/C15H20N4/c1-10-7-11(9-19(10)12-5-6-12)17-14-3-2-4-15-13(14)8-16-18-15/h2-4,8,10-12,17H,5-7,9H2,1H3,(H,16,18). The molecule has 1 aromatic carbocycles. The summed E-state index contributed by atoms with van der Waals surface area (Å²) in [4.78, 5) is 2.67. The molecule has 2 heterocycles. The van der Waals surface area contributed by atoms with Gasteiger partial charge in [-0.1, -0.05) is 6.07 Å². The summed E-state index contributed by atoms with van der Waals surface area (Å²) in [6.07, 6.45) is 5.95. The summed E-state index contributed by atoms with van der Waals surface area (Å²) in [6.45, 7) is 3.54. The Morgan fingerprint density at radius 1 is 1.37 bits per heavy atom. The Labute approximate surface area is 113 Å². The molecule has 0 bridgehead atoms. The van der Waals surface area contributed by atoms with E-state index in [9.17, 15) is 0 Å². The average molecular weight is 256 g/mol. The van der Waals surface area contributed by atoms with E-state index >= 15 is 0 Å². The number of nitrogens with zero attached hydrogens (tertiary/aromatic N) is 2. The molecule has 2 fully saturated rings. The van der Waals surface area contributed by atoms with Crippen LogP contribution in [0.4, 0.5) is 5.69 Å². The van der Waals surface area contributed by atoms with Crippen molar-refractivity contribution in [3.05, 3.63) is 24.4 Å². The third-order valence-electron chi connectivity index (χ3n) is 4.48. The molecule has 0 spiro atoms. The van der Waals surface area contributed by atoms with Crippen molar-refractivity contribution < 1.29 is 0 Å². The zero-order chi connectivity index (χ0) is 12.8. The summed E-state index contributed by atoms with van der Waals surface area (Å²) < 4.78 is 0. The van der Waals surface area contributed by atoms with Crippen LogP contribution in [0.1, 0.15) is 26.2 Å². The molecule has 1 saturated heterocycles. The largest absolute Gasteiger partial charge is 0.380 e. The molecule has 1 aromatic heterocycles. The van der Waals surface area contributed by atoms with Gasteiger partial charge < -0.3 is 5.32 Å². The van der Waals surface area contributed by atoms with Crippen molar-refractivity contribution in [1.29, 1.82) is 0 Å². The Balaban J connectivity index is 1.54. The number of likely N-dealkylation sites (tertiary alicyclic amines) is 1. The maximum atomic E-state index is 4.13. The number of anilines is 1. The Morgan fingerprint density at radius 2 is 2.26 bits per heavy atom. The molecule has 4 rings (SSSR count). The smallest absolute Gasteiger partial charge is 0.0671 e. The van der Waals surface area contributed by atoms with E-state index in [0.717, 1.165) is 11.6 Å². The van der Waals surface area contributed by atoms with Gasteiger partial charge in [0.05, 0.1) is 11.7 Å². The van der Waals surface area contributed by atoms with Crippen molar-refractivity contribution in [2.45, 2.75) is 44.3 Å². The van der Waals surface area contributed by atoms with Crippen LogP contribution in [-0.4, -0.2) is 39.8 Å². The van der Waals surface area contributed by atoms with Crippen LogP contribution in [0.3, 0.4) is 0 Å². The molecular weight excluding hydrogens is 236 g/mol. The van der Waals surface area contributed by atoms with Crippen molar-refractivity contribution in [3.63, 3.8) is 0 Å². The van der Waals surface area contributed by atoms with Crippen LogP contribution >= 0.6 is 0 Å². The number of fused-ring (bicyclic) bond motifs is 1. The summed E-state index contributed by atoms with van der Waals surface area (Å²) in [6, 6.07) is 8.46. The predicted molar refractivity (Wildman–Crippen MR) is 77.3 cm³/mol. The minimum Gasteiger partial charge on any atom is -0.380 e. The zero-order valence-corrected chi connectivity index (χ0v) is 11.3. The van der Waals surface area contributed by atoms with Crippen LogP contribution in [-0.2, 0) is 0 Å². The van der Waals surface area contributed by atoms with E-state index in [4.69, 9.17) is 0 Å². The predicted octanol–water partition coefficient (Wildman–Crippen LogP) is 2.60. The fraction of sp³-hybridized carbons (Fsp3) is 0.533. The Bertz CT molecular complexity index is 587. The lowest BCUT2D eigenvalue weighted by atomic mass is 10.1. The number of H-pyrrole nitrogens is 1. The molecule has 100 valence electrons. The number of hydrogen-bond donors (Lipinski definition) is 2. The highest BCUT2D eigenvalue weighted by Gasteiger charge is 2.38. The van der Waals surface area contributed by atoms with Gasteiger partial charge in [0.2, 0.25) is 0 Å². The highest BCUT2D eigenvalue weighted by molar-refractivity contribution is 5.90. The minimum absolute atomic E-state index is 0.566. The summed E-state index contributed by atoms with van der Waals surface area (Å²) in [5, 5.41) is 12.1. The number of aromatic amines is 1. The molecule has 0 amide bonds. The molecule has 2 unspecified atom stereocenters. The minimum atomic E-state index is 0.566. The van der Waals surface area contributed by atoms with Crippen LogP contribution in [0.2, 0.25) is 0 Å². The fourth-order valence-corrected chi connectivity index (χ4v) is 3.39. The summed E-state index contributed by atoms with van der Waals surface area (Å²) in [7, 11) is 0.